The summed E-state index contributed by atoms with van der Waals surface area (Å²) in [5.74, 6) is 0.768. The summed E-state index contributed by atoms with van der Waals surface area (Å²) in [6, 6.07) is 8.69. The van der Waals surface area contributed by atoms with Crippen LogP contribution in [0.4, 0.5) is 0 Å². The molecule has 74 valence electrons. The van der Waals surface area contributed by atoms with Crippen molar-refractivity contribution in [2.24, 2.45) is 10.9 Å². The Kier molecular flexibility index (Phi) is 2.67. The fraction of sp³-hybridized carbons (Fsp3) is 0.462. The summed E-state index contributed by atoms with van der Waals surface area (Å²) in [5, 5.41) is 0. The molecule has 2 rings (SSSR count). The Balaban J connectivity index is 2.19. The fourth-order valence-electron chi connectivity index (χ4n) is 1.80. The van der Waals surface area contributed by atoms with Gasteiger partial charge in [0.15, 0.2) is 0 Å². The van der Waals surface area contributed by atoms with Crippen LogP contribution in [-0.2, 0) is 0 Å². The maximum Gasteiger partial charge on any atom is 0.0420 e. The minimum Gasteiger partial charge on any atom is -0.289 e. The molecule has 1 atom stereocenters. The van der Waals surface area contributed by atoms with Crippen LogP contribution >= 0.6 is 0 Å². The summed E-state index contributed by atoms with van der Waals surface area (Å²) >= 11 is 0. The predicted molar refractivity (Wildman–Crippen MR) is 61.0 cm³/mol. The molecule has 1 aromatic carbocycles. The van der Waals surface area contributed by atoms with E-state index in [1.807, 2.05) is 0 Å². The van der Waals surface area contributed by atoms with E-state index in [1.165, 1.54) is 23.3 Å². The maximum atomic E-state index is 4.63. The molecular formula is C13H17N. The van der Waals surface area contributed by atoms with Crippen molar-refractivity contribution in [1.82, 2.24) is 0 Å². The van der Waals surface area contributed by atoms with Gasteiger partial charge in [0.1, 0.15) is 0 Å². The highest BCUT2D eigenvalue weighted by Crippen LogP contribution is 2.17. The molecule has 0 aromatic heterocycles. The van der Waals surface area contributed by atoms with Gasteiger partial charge in [-0.15, -0.1) is 0 Å². The molecule has 14 heavy (non-hydrogen) atoms. The van der Waals surface area contributed by atoms with E-state index in [2.05, 4.69) is 43.1 Å². The number of nitrogens with zero attached hydrogens (tertiary/aromatic N) is 1. The van der Waals surface area contributed by atoms with Crippen LogP contribution in [0.15, 0.2) is 29.3 Å². The van der Waals surface area contributed by atoms with Gasteiger partial charge in [-0.25, -0.2) is 0 Å². The Morgan fingerprint density at radius 1 is 1.21 bits per heavy atom. The molecule has 1 heteroatoms. The number of hydrogen-bond donors (Lipinski definition) is 0. The second-order valence-corrected chi connectivity index (χ2v) is 4.30. The van der Waals surface area contributed by atoms with Crippen molar-refractivity contribution in [3.05, 3.63) is 35.4 Å². The summed E-state index contributed by atoms with van der Waals surface area (Å²) in [4.78, 5) is 4.63. The van der Waals surface area contributed by atoms with Crippen LogP contribution in [0.2, 0.25) is 0 Å². The molecule has 1 aromatic rings. The Labute approximate surface area is 85.9 Å². The third-order valence-corrected chi connectivity index (χ3v) is 2.85. The molecule has 0 radical (unpaired) electrons. The molecule has 0 saturated heterocycles. The first-order valence-electron chi connectivity index (χ1n) is 5.36. The lowest BCUT2D eigenvalue weighted by Gasteiger charge is -2.17. The third-order valence-electron chi connectivity index (χ3n) is 2.85. The smallest absolute Gasteiger partial charge is 0.0420 e. The Morgan fingerprint density at radius 2 is 1.93 bits per heavy atom. The monoisotopic (exact) mass is 187 g/mol. The highest BCUT2D eigenvalue weighted by molar-refractivity contribution is 6.00. The number of benzene rings is 1. The van der Waals surface area contributed by atoms with Gasteiger partial charge in [-0.1, -0.05) is 36.8 Å². The minimum atomic E-state index is 0.768. The van der Waals surface area contributed by atoms with E-state index in [9.17, 15) is 0 Å². The molecule has 0 spiro atoms. The van der Waals surface area contributed by atoms with Crippen molar-refractivity contribution in [2.45, 2.75) is 26.7 Å². The lowest BCUT2D eigenvalue weighted by molar-refractivity contribution is 0.538. The second kappa shape index (κ2) is 3.95. The Hall–Kier alpha value is -1.11. The molecule has 1 heterocycles. The van der Waals surface area contributed by atoms with Gasteiger partial charge in [0, 0.05) is 12.3 Å². The van der Waals surface area contributed by atoms with Crippen LogP contribution in [-0.4, -0.2) is 12.3 Å². The van der Waals surface area contributed by atoms with Crippen molar-refractivity contribution in [1.29, 1.82) is 0 Å². The normalized spacial score (nSPS) is 21.9. The number of aliphatic imine (C=N–C) groups is 1. The van der Waals surface area contributed by atoms with Gasteiger partial charge >= 0.3 is 0 Å². The summed E-state index contributed by atoms with van der Waals surface area (Å²) in [7, 11) is 0. The van der Waals surface area contributed by atoms with Crippen molar-refractivity contribution >= 4 is 5.71 Å². The van der Waals surface area contributed by atoms with Gasteiger partial charge in [-0.05, 0) is 31.2 Å². The van der Waals surface area contributed by atoms with Crippen molar-refractivity contribution in [3.63, 3.8) is 0 Å². The number of hydrogen-bond acceptors (Lipinski definition) is 1. The van der Waals surface area contributed by atoms with E-state index in [1.54, 1.807) is 0 Å². The molecule has 0 saturated carbocycles. The SMILES string of the molecule is Cc1ccc(C2=NCC(C)CC2)cc1. The van der Waals surface area contributed by atoms with Crippen LogP contribution in [0.3, 0.4) is 0 Å². The van der Waals surface area contributed by atoms with Gasteiger partial charge in [-0.2, -0.15) is 0 Å². The Bertz CT molecular complexity index is 335. The van der Waals surface area contributed by atoms with Crippen LogP contribution in [0.25, 0.3) is 0 Å². The molecule has 1 aliphatic rings. The van der Waals surface area contributed by atoms with Crippen molar-refractivity contribution < 1.29 is 0 Å². The first kappa shape index (κ1) is 9.45. The Morgan fingerprint density at radius 3 is 2.50 bits per heavy atom. The molecular weight excluding hydrogens is 170 g/mol. The summed E-state index contributed by atoms with van der Waals surface area (Å²) in [6.07, 6.45) is 2.43. The lowest BCUT2D eigenvalue weighted by atomic mass is 9.95. The third kappa shape index (κ3) is 2.03. The zero-order valence-corrected chi connectivity index (χ0v) is 8.96. The van der Waals surface area contributed by atoms with Crippen LogP contribution in [0, 0.1) is 12.8 Å². The van der Waals surface area contributed by atoms with E-state index in [4.69, 9.17) is 0 Å². The summed E-state index contributed by atoms with van der Waals surface area (Å²) in [6.45, 7) is 5.40. The van der Waals surface area contributed by atoms with Gasteiger partial charge in [-0.3, -0.25) is 4.99 Å². The van der Waals surface area contributed by atoms with E-state index >= 15 is 0 Å². The number of aryl methyl sites for hydroxylation is 1. The van der Waals surface area contributed by atoms with E-state index in [0.29, 0.717) is 0 Å². The summed E-state index contributed by atoms with van der Waals surface area (Å²) in [5.41, 5.74) is 3.92. The van der Waals surface area contributed by atoms with E-state index in [-0.39, 0.29) is 0 Å². The van der Waals surface area contributed by atoms with Crippen molar-refractivity contribution in [3.8, 4) is 0 Å². The lowest BCUT2D eigenvalue weighted by Crippen LogP contribution is -2.14. The first-order chi connectivity index (χ1) is 6.75. The molecule has 1 aliphatic heterocycles. The van der Waals surface area contributed by atoms with E-state index in [0.717, 1.165) is 18.9 Å². The molecule has 0 aliphatic carbocycles. The van der Waals surface area contributed by atoms with Crippen molar-refractivity contribution in [2.75, 3.05) is 6.54 Å². The molecule has 0 bridgehead atoms. The van der Waals surface area contributed by atoms with Gasteiger partial charge in [0.25, 0.3) is 0 Å². The quantitative estimate of drug-likeness (QED) is 0.640. The highest BCUT2D eigenvalue weighted by atomic mass is 14.8. The highest BCUT2D eigenvalue weighted by Gasteiger charge is 2.12. The van der Waals surface area contributed by atoms with Crippen LogP contribution in [0.1, 0.15) is 30.9 Å². The molecule has 1 nitrogen and oxygen atoms in total. The molecule has 0 N–H and O–H groups in total. The first-order valence-corrected chi connectivity index (χ1v) is 5.36. The molecule has 1 unspecified atom stereocenters. The van der Waals surface area contributed by atoms with Gasteiger partial charge in [0.05, 0.1) is 0 Å². The second-order valence-electron chi connectivity index (χ2n) is 4.30. The van der Waals surface area contributed by atoms with Crippen LogP contribution < -0.4 is 0 Å². The minimum absolute atomic E-state index is 0.768. The maximum absolute atomic E-state index is 4.63. The van der Waals surface area contributed by atoms with E-state index < -0.39 is 0 Å². The largest absolute Gasteiger partial charge is 0.289 e. The van der Waals surface area contributed by atoms with Gasteiger partial charge in [0.2, 0.25) is 0 Å². The average Bonchev–Trinajstić information content (AvgIpc) is 2.21. The van der Waals surface area contributed by atoms with Gasteiger partial charge < -0.3 is 0 Å². The summed E-state index contributed by atoms with van der Waals surface area (Å²) < 4.78 is 0. The fourth-order valence-corrected chi connectivity index (χ4v) is 1.80. The van der Waals surface area contributed by atoms with Crippen LogP contribution in [0.5, 0.6) is 0 Å². The average molecular weight is 187 g/mol. The zero-order chi connectivity index (χ0) is 9.97. The number of rotatable bonds is 1. The predicted octanol–water partition coefficient (Wildman–Crippen LogP) is 3.21. The molecule has 0 fully saturated rings. The topological polar surface area (TPSA) is 12.4 Å². The zero-order valence-electron chi connectivity index (χ0n) is 8.96. The standard InChI is InChI=1S/C13H17N/c1-10-3-6-12(7-4-10)13-8-5-11(2)9-14-13/h3-4,6-7,11H,5,8-9H2,1-2H3. The molecule has 0 amide bonds.